The molecule has 0 fully saturated rings. The van der Waals surface area contributed by atoms with E-state index in [2.05, 4.69) is 5.32 Å². The third kappa shape index (κ3) is 2.90. The van der Waals surface area contributed by atoms with Crippen LogP contribution in [-0.4, -0.2) is 12.5 Å². The van der Waals surface area contributed by atoms with Crippen molar-refractivity contribution in [1.82, 2.24) is 0 Å². The Labute approximate surface area is 120 Å². The molecule has 2 rings (SSSR count). The van der Waals surface area contributed by atoms with E-state index in [9.17, 15) is 4.79 Å². The van der Waals surface area contributed by atoms with E-state index in [4.69, 9.17) is 15.7 Å². The second kappa shape index (κ2) is 6.08. The summed E-state index contributed by atoms with van der Waals surface area (Å²) in [6.07, 6.45) is 0. The molecule has 20 heavy (non-hydrogen) atoms. The van der Waals surface area contributed by atoms with Crippen LogP contribution in [0.1, 0.15) is 22.8 Å². The topological polar surface area (TPSA) is 88.1 Å². The Hall–Kier alpha value is -2.52. The van der Waals surface area contributed by atoms with Gasteiger partial charge in [-0.2, -0.15) is 5.26 Å². The first-order valence-corrected chi connectivity index (χ1v) is 6.85. The molecule has 0 atom stereocenters. The summed E-state index contributed by atoms with van der Waals surface area (Å²) in [7, 11) is 0. The molecule has 0 saturated heterocycles. The molecule has 0 bridgehead atoms. The number of anilines is 2. The summed E-state index contributed by atoms with van der Waals surface area (Å²) in [5, 5.41) is 13.9. The third-order valence-corrected chi connectivity index (χ3v) is 3.41. The number of hydrogen-bond acceptors (Lipinski definition) is 5. The SMILES string of the molecule is CCOc1ccc(C(=O)Nc2sccc2C#N)cc1N. The van der Waals surface area contributed by atoms with Crippen molar-refractivity contribution in [3.8, 4) is 11.8 Å². The van der Waals surface area contributed by atoms with Gasteiger partial charge in [0.15, 0.2) is 0 Å². The van der Waals surface area contributed by atoms with Crippen molar-refractivity contribution >= 4 is 27.9 Å². The fourth-order valence-electron chi connectivity index (χ4n) is 1.65. The van der Waals surface area contributed by atoms with Gasteiger partial charge in [0.2, 0.25) is 0 Å². The third-order valence-electron chi connectivity index (χ3n) is 2.58. The van der Waals surface area contributed by atoms with Crippen LogP contribution in [0.25, 0.3) is 0 Å². The highest BCUT2D eigenvalue weighted by Crippen LogP contribution is 2.25. The van der Waals surface area contributed by atoms with Gasteiger partial charge in [-0.1, -0.05) is 0 Å². The molecule has 2 aromatic rings. The molecule has 0 aliphatic rings. The number of amides is 1. The maximum Gasteiger partial charge on any atom is 0.256 e. The summed E-state index contributed by atoms with van der Waals surface area (Å²) in [5.74, 6) is 0.247. The van der Waals surface area contributed by atoms with E-state index in [1.165, 1.54) is 11.3 Å². The van der Waals surface area contributed by atoms with Crippen molar-refractivity contribution in [1.29, 1.82) is 5.26 Å². The van der Waals surface area contributed by atoms with Crippen molar-refractivity contribution in [2.45, 2.75) is 6.92 Å². The van der Waals surface area contributed by atoms with E-state index in [-0.39, 0.29) is 5.91 Å². The van der Waals surface area contributed by atoms with E-state index in [1.54, 1.807) is 29.6 Å². The van der Waals surface area contributed by atoms with Crippen molar-refractivity contribution in [2.24, 2.45) is 0 Å². The van der Waals surface area contributed by atoms with E-state index < -0.39 is 0 Å². The number of nitriles is 1. The van der Waals surface area contributed by atoms with Gasteiger partial charge in [-0.15, -0.1) is 11.3 Å². The number of carbonyl (C=O) groups is 1. The van der Waals surface area contributed by atoms with Crippen LogP contribution in [0.15, 0.2) is 29.6 Å². The average Bonchev–Trinajstić information content (AvgIpc) is 2.88. The highest BCUT2D eigenvalue weighted by atomic mass is 32.1. The van der Waals surface area contributed by atoms with E-state index in [1.807, 2.05) is 13.0 Å². The van der Waals surface area contributed by atoms with Crippen LogP contribution >= 0.6 is 11.3 Å². The number of ether oxygens (including phenoxy) is 1. The molecule has 0 unspecified atom stereocenters. The monoisotopic (exact) mass is 287 g/mol. The molecule has 1 aromatic carbocycles. The number of nitrogens with two attached hydrogens (primary N) is 1. The number of hydrogen-bond donors (Lipinski definition) is 2. The lowest BCUT2D eigenvalue weighted by Gasteiger charge is -2.09. The Kier molecular flexibility index (Phi) is 4.23. The summed E-state index contributed by atoms with van der Waals surface area (Å²) in [5.41, 5.74) is 7.09. The van der Waals surface area contributed by atoms with Gasteiger partial charge in [0.25, 0.3) is 5.91 Å². The quantitative estimate of drug-likeness (QED) is 0.846. The molecule has 1 amide bonds. The normalized spacial score (nSPS) is 9.80. The first-order chi connectivity index (χ1) is 9.65. The largest absolute Gasteiger partial charge is 0.492 e. The van der Waals surface area contributed by atoms with Crippen molar-refractivity contribution < 1.29 is 9.53 Å². The van der Waals surface area contributed by atoms with Gasteiger partial charge in [0, 0.05) is 5.56 Å². The standard InChI is InChI=1S/C14H13N3O2S/c1-2-19-12-4-3-9(7-11(12)16)13(18)17-14-10(8-15)5-6-20-14/h3-7H,2,16H2,1H3,(H,17,18). The van der Waals surface area contributed by atoms with Crippen LogP contribution in [0, 0.1) is 11.3 Å². The molecule has 0 saturated carbocycles. The minimum Gasteiger partial charge on any atom is -0.492 e. The van der Waals surface area contributed by atoms with Crippen molar-refractivity contribution in [2.75, 3.05) is 17.7 Å². The minimum absolute atomic E-state index is 0.307. The van der Waals surface area contributed by atoms with Crippen LogP contribution in [-0.2, 0) is 0 Å². The Balaban J connectivity index is 2.18. The van der Waals surface area contributed by atoms with Crippen molar-refractivity contribution in [3.05, 3.63) is 40.8 Å². The Morgan fingerprint density at radius 1 is 1.50 bits per heavy atom. The summed E-state index contributed by atoms with van der Waals surface area (Å²) in [4.78, 5) is 12.1. The number of nitrogens with one attached hydrogen (secondary N) is 1. The molecule has 0 aliphatic carbocycles. The number of benzene rings is 1. The molecule has 0 aliphatic heterocycles. The summed E-state index contributed by atoms with van der Waals surface area (Å²) in [6.45, 7) is 2.37. The number of nitrogen functional groups attached to an aromatic ring is 1. The molecular weight excluding hydrogens is 274 g/mol. The van der Waals surface area contributed by atoms with Crippen molar-refractivity contribution in [3.63, 3.8) is 0 Å². The van der Waals surface area contributed by atoms with E-state index in [0.717, 1.165) is 0 Å². The number of rotatable bonds is 4. The van der Waals surface area contributed by atoms with Crippen LogP contribution < -0.4 is 15.8 Å². The fourth-order valence-corrected chi connectivity index (χ4v) is 2.38. The second-order valence-corrected chi connectivity index (χ2v) is 4.83. The first kappa shape index (κ1) is 13.9. The van der Waals surface area contributed by atoms with Gasteiger partial charge in [-0.05, 0) is 36.6 Å². The first-order valence-electron chi connectivity index (χ1n) is 5.97. The molecule has 0 radical (unpaired) electrons. The smallest absolute Gasteiger partial charge is 0.256 e. The Morgan fingerprint density at radius 2 is 2.30 bits per heavy atom. The Morgan fingerprint density at radius 3 is 2.95 bits per heavy atom. The lowest BCUT2D eigenvalue weighted by atomic mass is 10.1. The van der Waals surface area contributed by atoms with Gasteiger partial charge in [0.1, 0.15) is 16.8 Å². The molecule has 102 valence electrons. The lowest BCUT2D eigenvalue weighted by Crippen LogP contribution is -2.12. The van der Waals surface area contributed by atoms with Gasteiger partial charge in [0.05, 0.1) is 17.9 Å². The van der Waals surface area contributed by atoms with Gasteiger partial charge in [-0.3, -0.25) is 4.79 Å². The van der Waals surface area contributed by atoms with Gasteiger partial charge < -0.3 is 15.8 Å². The average molecular weight is 287 g/mol. The molecular formula is C14H13N3O2S. The second-order valence-electron chi connectivity index (χ2n) is 3.91. The summed E-state index contributed by atoms with van der Waals surface area (Å²) < 4.78 is 5.32. The predicted octanol–water partition coefficient (Wildman–Crippen LogP) is 2.85. The van der Waals surface area contributed by atoms with Gasteiger partial charge in [-0.25, -0.2) is 0 Å². The maximum absolute atomic E-state index is 12.1. The van der Waals surface area contributed by atoms with Crippen LogP contribution in [0.2, 0.25) is 0 Å². The van der Waals surface area contributed by atoms with Crippen LogP contribution in [0.4, 0.5) is 10.7 Å². The molecule has 5 nitrogen and oxygen atoms in total. The molecule has 3 N–H and O–H groups in total. The minimum atomic E-state index is -0.307. The molecule has 1 aromatic heterocycles. The fraction of sp³-hybridized carbons (Fsp3) is 0.143. The predicted molar refractivity (Wildman–Crippen MR) is 79.0 cm³/mol. The lowest BCUT2D eigenvalue weighted by molar-refractivity contribution is 0.102. The zero-order chi connectivity index (χ0) is 14.5. The highest BCUT2D eigenvalue weighted by Gasteiger charge is 2.12. The number of nitrogens with zero attached hydrogens (tertiary/aromatic N) is 1. The molecule has 0 spiro atoms. The summed E-state index contributed by atoms with van der Waals surface area (Å²) in [6, 6.07) is 8.53. The summed E-state index contributed by atoms with van der Waals surface area (Å²) >= 11 is 1.30. The number of carbonyl (C=O) groups excluding carboxylic acids is 1. The highest BCUT2D eigenvalue weighted by molar-refractivity contribution is 7.14. The number of thiophene rings is 1. The maximum atomic E-state index is 12.1. The van der Waals surface area contributed by atoms with Crippen LogP contribution in [0.5, 0.6) is 5.75 Å². The van der Waals surface area contributed by atoms with E-state index >= 15 is 0 Å². The van der Waals surface area contributed by atoms with Crippen LogP contribution in [0.3, 0.4) is 0 Å². The van der Waals surface area contributed by atoms with Gasteiger partial charge >= 0.3 is 0 Å². The zero-order valence-electron chi connectivity index (χ0n) is 10.8. The molecule has 1 heterocycles. The van der Waals surface area contributed by atoms with E-state index in [0.29, 0.717) is 34.2 Å². The zero-order valence-corrected chi connectivity index (χ0v) is 11.7. The molecule has 6 heteroatoms. The Bertz CT molecular complexity index is 673.